The number of piperazine rings is 1. The highest BCUT2D eigenvalue weighted by atomic mass is 32.2. The highest BCUT2D eigenvalue weighted by molar-refractivity contribution is 8.26. The lowest BCUT2D eigenvalue weighted by Gasteiger charge is -2.34. The molecule has 5 rings (SSSR count). The monoisotopic (exact) mass is 481 g/mol. The van der Waals surface area contributed by atoms with Crippen LogP contribution in [0.25, 0.3) is 11.7 Å². The number of hydrogen-bond acceptors (Lipinski definition) is 8. The summed E-state index contributed by atoms with van der Waals surface area (Å²) in [4.78, 5) is 37.9. The minimum absolute atomic E-state index is 0.200. The van der Waals surface area contributed by atoms with E-state index in [0.29, 0.717) is 32.0 Å². The van der Waals surface area contributed by atoms with Crippen molar-refractivity contribution in [2.45, 2.75) is 13.5 Å². The summed E-state index contributed by atoms with van der Waals surface area (Å²) in [5.74, 6) is 1.02. The first-order chi connectivity index (χ1) is 15.9. The third-order valence-electron chi connectivity index (χ3n) is 5.91. The number of fused-ring (bicyclic) bond motifs is 1. The van der Waals surface area contributed by atoms with Crippen LogP contribution in [0.1, 0.15) is 16.9 Å². The zero-order chi connectivity index (χ0) is 23.1. The fourth-order valence-electron chi connectivity index (χ4n) is 4.01. The number of anilines is 1. The molecule has 10 heteroatoms. The van der Waals surface area contributed by atoms with Crippen molar-refractivity contribution in [2.24, 2.45) is 0 Å². The molecule has 2 aliphatic rings. The van der Waals surface area contributed by atoms with Crippen LogP contribution < -0.4 is 10.5 Å². The number of furan rings is 1. The summed E-state index contributed by atoms with van der Waals surface area (Å²) in [7, 11) is 2.08. The van der Waals surface area contributed by atoms with E-state index < -0.39 is 0 Å². The SMILES string of the molecule is Cc1cccn2c(=O)c(C=C3SC(=S)N(Cc4ccco4)C3=O)c(N3CCN(C)CC3)nc12. The molecule has 2 fully saturated rings. The molecule has 0 atom stereocenters. The van der Waals surface area contributed by atoms with Crippen molar-refractivity contribution in [3.8, 4) is 0 Å². The Balaban J connectivity index is 1.59. The molecule has 3 aromatic rings. The second-order valence-electron chi connectivity index (χ2n) is 8.18. The molecule has 0 aromatic carbocycles. The number of amides is 1. The quantitative estimate of drug-likeness (QED) is 0.416. The predicted molar refractivity (Wildman–Crippen MR) is 133 cm³/mol. The minimum atomic E-state index is -0.237. The topological polar surface area (TPSA) is 74.3 Å². The van der Waals surface area contributed by atoms with Gasteiger partial charge in [-0.05, 0) is 43.8 Å². The molecule has 2 aliphatic heterocycles. The summed E-state index contributed by atoms with van der Waals surface area (Å²) in [6.07, 6.45) is 4.93. The zero-order valence-electron chi connectivity index (χ0n) is 18.4. The smallest absolute Gasteiger partial charge is 0.267 e. The van der Waals surface area contributed by atoms with Gasteiger partial charge in [-0.1, -0.05) is 30.0 Å². The average Bonchev–Trinajstić information content (AvgIpc) is 3.41. The van der Waals surface area contributed by atoms with Crippen molar-refractivity contribution in [1.29, 1.82) is 0 Å². The Bertz CT molecular complexity index is 1320. The first kappa shape index (κ1) is 21.9. The molecule has 2 saturated heterocycles. The van der Waals surface area contributed by atoms with Crippen LogP contribution in [0.15, 0.2) is 50.8 Å². The van der Waals surface area contributed by atoms with Gasteiger partial charge in [0.15, 0.2) is 0 Å². The van der Waals surface area contributed by atoms with Crippen molar-refractivity contribution in [3.05, 3.63) is 68.9 Å². The Morgan fingerprint density at radius 2 is 1.97 bits per heavy atom. The number of thioether (sulfide) groups is 1. The predicted octanol–water partition coefficient (Wildman–Crippen LogP) is 2.75. The van der Waals surface area contributed by atoms with E-state index in [1.54, 1.807) is 35.1 Å². The van der Waals surface area contributed by atoms with E-state index in [4.69, 9.17) is 21.6 Å². The first-order valence-corrected chi connectivity index (χ1v) is 11.9. The van der Waals surface area contributed by atoms with Crippen molar-refractivity contribution in [2.75, 3.05) is 38.1 Å². The molecular formula is C23H23N5O3S2. The summed E-state index contributed by atoms with van der Waals surface area (Å²) in [5.41, 5.74) is 1.75. The Morgan fingerprint density at radius 1 is 1.18 bits per heavy atom. The van der Waals surface area contributed by atoms with Gasteiger partial charge < -0.3 is 14.2 Å². The van der Waals surface area contributed by atoms with Crippen molar-refractivity contribution >= 4 is 51.7 Å². The van der Waals surface area contributed by atoms with Crippen LogP contribution in [-0.4, -0.2) is 62.6 Å². The maximum absolute atomic E-state index is 13.6. The van der Waals surface area contributed by atoms with Gasteiger partial charge in [0.1, 0.15) is 21.5 Å². The van der Waals surface area contributed by atoms with Gasteiger partial charge in [0.05, 0.1) is 23.3 Å². The molecule has 1 amide bonds. The van der Waals surface area contributed by atoms with E-state index >= 15 is 0 Å². The molecule has 170 valence electrons. The molecule has 33 heavy (non-hydrogen) atoms. The Hall–Kier alpha value is -2.95. The van der Waals surface area contributed by atoms with E-state index in [9.17, 15) is 9.59 Å². The Morgan fingerprint density at radius 3 is 2.70 bits per heavy atom. The fourth-order valence-corrected chi connectivity index (χ4v) is 5.25. The fraction of sp³-hybridized carbons (Fsp3) is 0.304. The summed E-state index contributed by atoms with van der Waals surface area (Å²) in [6.45, 7) is 5.46. The number of rotatable bonds is 4. The van der Waals surface area contributed by atoms with E-state index in [0.717, 1.165) is 31.7 Å². The second kappa shape index (κ2) is 8.77. The highest BCUT2D eigenvalue weighted by Gasteiger charge is 2.33. The van der Waals surface area contributed by atoms with E-state index in [2.05, 4.69) is 16.8 Å². The van der Waals surface area contributed by atoms with Crippen LogP contribution in [0.2, 0.25) is 0 Å². The van der Waals surface area contributed by atoms with Gasteiger partial charge in [0.25, 0.3) is 11.5 Å². The number of aryl methyl sites for hydroxylation is 1. The van der Waals surface area contributed by atoms with E-state index in [-0.39, 0.29) is 18.0 Å². The highest BCUT2D eigenvalue weighted by Crippen LogP contribution is 2.34. The second-order valence-corrected chi connectivity index (χ2v) is 9.85. The molecule has 0 unspecified atom stereocenters. The third kappa shape index (κ3) is 4.09. The van der Waals surface area contributed by atoms with Gasteiger partial charge in [-0.3, -0.25) is 18.9 Å². The van der Waals surface area contributed by atoms with Crippen LogP contribution in [0, 0.1) is 6.92 Å². The number of aromatic nitrogens is 2. The molecule has 0 spiro atoms. The van der Waals surface area contributed by atoms with Crippen molar-refractivity contribution in [1.82, 2.24) is 19.2 Å². The molecule has 5 heterocycles. The molecule has 8 nitrogen and oxygen atoms in total. The van der Waals surface area contributed by atoms with Gasteiger partial charge in [-0.25, -0.2) is 4.98 Å². The van der Waals surface area contributed by atoms with Gasteiger partial charge in [-0.2, -0.15) is 0 Å². The standard InChI is InChI=1S/C23H23N5O3S2/c1-15-5-3-7-27-19(15)24-20(26-10-8-25(2)9-11-26)17(21(27)29)13-18-22(30)28(23(32)33-18)14-16-6-4-12-31-16/h3-7,12-13H,8-11,14H2,1-2H3. The van der Waals surface area contributed by atoms with Gasteiger partial charge >= 0.3 is 0 Å². The molecule has 0 aliphatic carbocycles. The molecule has 0 N–H and O–H groups in total. The molecule has 0 saturated carbocycles. The lowest BCUT2D eigenvalue weighted by Crippen LogP contribution is -2.45. The summed E-state index contributed by atoms with van der Waals surface area (Å²) in [6, 6.07) is 7.34. The maximum Gasteiger partial charge on any atom is 0.267 e. The van der Waals surface area contributed by atoms with Gasteiger partial charge in [0.2, 0.25) is 0 Å². The maximum atomic E-state index is 13.6. The zero-order valence-corrected chi connectivity index (χ0v) is 20.0. The largest absolute Gasteiger partial charge is 0.467 e. The Labute approximate surface area is 200 Å². The van der Waals surface area contributed by atoms with E-state index in [1.165, 1.54) is 16.7 Å². The van der Waals surface area contributed by atoms with E-state index in [1.807, 2.05) is 19.1 Å². The number of thiocarbonyl (C=S) groups is 1. The lowest BCUT2D eigenvalue weighted by atomic mass is 10.2. The number of carbonyl (C=O) groups excluding carboxylic acids is 1. The van der Waals surface area contributed by atoms with Crippen LogP contribution in [0.3, 0.4) is 0 Å². The summed E-state index contributed by atoms with van der Waals surface area (Å²) >= 11 is 6.65. The number of carbonyl (C=O) groups is 1. The summed E-state index contributed by atoms with van der Waals surface area (Å²) < 4.78 is 7.36. The van der Waals surface area contributed by atoms with Crippen molar-refractivity contribution in [3.63, 3.8) is 0 Å². The van der Waals surface area contributed by atoms with Crippen LogP contribution in [0.5, 0.6) is 0 Å². The minimum Gasteiger partial charge on any atom is -0.467 e. The third-order valence-corrected chi connectivity index (χ3v) is 7.29. The number of pyridine rings is 1. The lowest BCUT2D eigenvalue weighted by molar-refractivity contribution is -0.122. The molecule has 3 aromatic heterocycles. The van der Waals surface area contributed by atoms with Gasteiger partial charge in [0, 0.05) is 32.4 Å². The van der Waals surface area contributed by atoms with Gasteiger partial charge in [-0.15, -0.1) is 0 Å². The van der Waals surface area contributed by atoms with Crippen LogP contribution in [-0.2, 0) is 11.3 Å². The first-order valence-electron chi connectivity index (χ1n) is 10.7. The number of likely N-dealkylation sites (N-methyl/N-ethyl adjacent to an activating group) is 1. The number of hydrogen-bond donors (Lipinski definition) is 0. The molecule has 0 bridgehead atoms. The normalized spacial score (nSPS) is 18.8. The summed E-state index contributed by atoms with van der Waals surface area (Å²) in [5, 5.41) is 0. The Kier molecular flexibility index (Phi) is 5.81. The van der Waals surface area contributed by atoms with Crippen LogP contribution >= 0.6 is 24.0 Å². The molecular weight excluding hydrogens is 458 g/mol. The van der Waals surface area contributed by atoms with Crippen molar-refractivity contribution < 1.29 is 9.21 Å². The average molecular weight is 482 g/mol. The number of nitrogens with zero attached hydrogens (tertiary/aromatic N) is 5. The van der Waals surface area contributed by atoms with Crippen LogP contribution in [0.4, 0.5) is 5.82 Å². The molecule has 0 radical (unpaired) electrons.